The fourth-order valence-electron chi connectivity index (χ4n) is 1.04. The maximum atomic E-state index is 5.60. The Kier molecular flexibility index (Phi) is 8.62. The molecule has 1 nitrogen and oxygen atoms in total. The minimum atomic E-state index is 0.690. The van der Waals surface area contributed by atoms with Gasteiger partial charge in [-0.15, -0.1) is 11.6 Å². The smallest absolute Gasteiger partial charge is 0.0223 e. The van der Waals surface area contributed by atoms with Crippen LogP contribution in [0.1, 0.15) is 19.8 Å². The third kappa shape index (κ3) is 6.15. The van der Waals surface area contributed by atoms with Gasteiger partial charge in [0.25, 0.3) is 0 Å². The lowest BCUT2D eigenvalue weighted by Gasteiger charge is -2.23. The Bertz CT molecular complexity index is 101. The van der Waals surface area contributed by atoms with Crippen LogP contribution >= 0.6 is 23.4 Å². The molecule has 1 atom stereocenters. The van der Waals surface area contributed by atoms with E-state index in [4.69, 9.17) is 11.6 Å². The van der Waals surface area contributed by atoms with Gasteiger partial charge in [-0.05, 0) is 39.6 Å². The molecule has 0 spiro atoms. The van der Waals surface area contributed by atoms with E-state index in [2.05, 4.69) is 25.1 Å². The Hall–Kier alpha value is 0.600. The van der Waals surface area contributed by atoms with E-state index in [0.29, 0.717) is 6.04 Å². The Labute approximate surface area is 85.8 Å². The van der Waals surface area contributed by atoms with Gasteiger partial charge in [0.1, 0.15) is 0 Å². The summed E-state index contributed by atoms with van der Waals surface area (Å²) >= 11 is 7.51. The molecule has 0 saturated carbocycles. The molecule has 0 amide bonds. The average molecular weight is 210 g/mol. The highest BCUT2D eigenvalue weighted by Gasteiger charge is 2.06. The zero-order valence-electron chi connectivity index (χ0n) is 8.35. The summed E-state index contributed by atoms with van der Waals surface area (Å²) in [6.45, 7) is 3.45. The lowest BCUT2D eigenvalue weighted by atomic mass is 10.3. The van der Waals surface area contributed by atoms with Crippen molar-refractivity contribution in [1.29, 1.82) is 0 Å². The molecule has 0 aromatic rings. The number of halogens is 1. The second-order valence-corrected chi connectivity index (χ2v) is 4.47. The summed E-state index contributed by atoms with van der Waals surface area (Å²) in [6, 6.07) is 0.690. The van der Waals surface area contributed by atoms with Gasteiger partial charge in [-0.2, -0.15) is 11.8 Å². The van der Waals surface area contributed by atoms with Crippen molar-refractivity contribution in [3.63, 3.8) is 0 Å². The standard InChI is InChI=1S/C9H20ClNS/c1-9(8-12-3)11(2)7-5-4-6-10/h9H,4-8H2,1-3H3. The molecule has 1 unspecified atom stereocenters. The molecule has 0 saturated heterocycles. The van der Waals surface area contributed by atoms with Crippen molar-refractivity contribution in [2.24, 2.45) is 0 Å². The van der Waals surface area contributed by atoms with Crippen LogP contribution in [0.2, 0.25) is 0 Å². The molecular weight excluding hydrogens is 190 g/mol. The summed E-state index contributed by atoms with van der Waals surface area (Å²) in [6.07, 6.45) is 4.51. The van der Waals surface area contributed by atoms with Crippen molar-refractivity contribution in [3.8, 4) is 0 Å². The predicted molar refractivity (Wildman–Crippen MR) is 60.4 cm³/mol. The van der Waals surface area contributed by atoms with Gasteiger partial charge in [0, 0.05) is 17.7 Å². The third-order valence-corrected chi connectivity index (χ3v) is 3.14. The van der Waals surface area contributed by atoms with Gasteiger partial charge >= 0.3 is 0 Å². The molecule has 0 aliphatic carbocycles. The molecular formula is C9H20ClNS. The maximum absolute atomic E-state index is 5.60. The van der Waals surface area contributed by atoms with Crippen molar-refractivity contribution in [2.75, 3.05) is 31.5 Å². The average Bonchev–Trinajstić information content (AvgIpc) is 2.05. The summed E-state index contributed by atoms with van der Waals surface area (Å²) in [5.41, 5.74) is 0. The lowest BCUT2D eigenvalue weighted by Crippen LogP contribution is -2.31. The summed E-state index contributed by atoms with van der Waals surface area (Å²) in [4.78, 5) is 2.41. The predicted octanol–water partition coefficient (Wildman–Crippen LogP) is 2.69. The molecule has 0 fully saturated rings. The summed E-state index contributed by atoms with van der Waals surface area (Å²) in [5.74, 6) is 2.02. The Morgan fingerprint density at radius 1 is 1.42 bits per heavy atom. The minimum Gasteiger partial charge on any atom is -0.303 e. The molecule has 3 heteroatoms. The van der Waals surface area contributed by atoms with Crippen LogP contribution in [0.25, 0.3) is 0 Å². The maximum Gasteiger partial charge on any atom is 0.0223 e. The fourth-order valence-corrected chi connectivity index (χ4v) is 1.97. The van der Waals surface area contributed by atoms with Crippen LogP contribution in [0, 0.1) is 0 Å². The second-order valence-electron chi connectivity index (χ2n) is 3.18. The monoisotopic (exact) mass is 209 g/mol. The molecule has 12 heavy (non-hydrogen) atoms. The highest BCUT2D eigenvalue weighted by molar-refractivity contribution is 7.98. The largest absolute Gasteiger partial charge is 0.303 e. The summed E-state index contributed by atoms with van der Waals surface area (Å²) < 4.78 is 0. The molecule has 0 radical (unpaired) electrons. The van der Waals surface area contributed by atoms with E-state index in [1.165, 1.54) is 18.7 Å². The van der Waals surface area contributed by atoms with Crippen molar-refractivity contribution in [1.82, 2.24) is 4.90 Å². The van der Waals surface area contributed by atoms with Gasteiger partial charge in [-0.25, -0.2) is 0 Å². The van der Waals surface area contributed by atoms with E-state index in [9.17, 15) is 0 Å². The first kappa shape index (κ1) is 12.6. The zero-order chi connectivity index (χ0) is 9.40. The zero-order valence-corrected chi connectivity index (χ0v) is 9.92. The second kappa shape index (κ2) is 8.21. The topological polar surface area (TPSA) is 3.24 Å². The van der Waals surface area contributed by atoms with Crippen LogP contribution in [0.4, 0.5) is 0 Å². The Balaban J connectivity index is 3.35. The van der Waals surface area contributed by atoms with Crippen LogP contribution < -0.4 is 0 Å². The van der Waals surface area contributed by atoms with E-state index in [1.54, 1.807) is 0 Å². The Morgan fingerprint density at radius 3 is 2.58 bits per heavy atom. The lowest BCUT2D eigenvalue weighted by molar-refractivity contribution is 0.274. The highest BCUT2D eigenvalue weighted by Crippen LogP contribution is 2.05. The molecule has 0 aromatic heterocycles. The molecule has 0 rings (SSSR count). The van der Waals surface area contributed by atoms with Crippen LogP contribution in [0.3, 0.4) is 0 Å². The number of nitrogens with zero attached hydrogens (tertiary/aromatic N) is 1. The molecule has 0 aromatic carbocycles. The van der Waals surface area contributed by atoms with Crippen LogP contribution in [-0.2, 0) is 0 Å². The van der Waals surface area contributed by atoms with Crippen molar-refractivity contribution in [3.05, 3.63) is 0 Å². The number of hydrogen-bond donors (Lipinski definition) is 0. The number of hydrogen-bond acceptors (Lipinski definition) is 2. The van der Waals surface area contributed by atoms with Crippen LogP contribution in [0.15, 0.2) is 0 Å². The van der Waals surface area contributed by atoms with Gasteiger partial charge in [0.05, 0.1) is 0 Å². The van der Waals surface area contributed by atoms with Gasteiger partial charge in [0.15, 0.2) is 0 Å². The Morgan fingerprint density at radius 2 is 2.08 bits per heavy atom. The molecule has 0 heterocycles. The van der Waals surface area contributed by atoms with E-state index in [1.807, 2.05) is 11.8 Å². The molecule has 0 bridgehead atoms. The third-order valence-electron chi connectivity index (χ3n) is 2.05. The summed E-state index contributed by atoms with van der Waals surface area (Å²) in [5, 5.41) is 0. The van der Waals surface area contributed by atoms with E-state index >= 15 is 0 Å². The van der Waals surface area contributed by atoms with Crippen molar-refractivity contribution in [2.45, 2.75) is 25.8 Å². The van der Waals surface area contributed by atoms with Gasteiger partial charge in [-0.1, -0.05) is 0 Å². The van der Waals surface area contributed by atoms with Crippen LogP contribution in [-0.4, -0.2) is 42.4 Å². The number of rotatable bonds is 7. The number of alkyl halides is 1. The first-order valence-electron chi connectivity index (χ1n) is 4.47. The highest BCUT2D eigenvalue weighted by atomic mass is 35.5. The van der Waals surface area contributed by atoms with Gasteiger partial charge < -0.3 is 4.90 Å². The van der Waals surface area contributed by atoms with Gasteiger partial charge in [-0.3, -0.25) is 0 Å². The minimum absolute atomic E-state index is 0.690. The fraction of sp³-hybridized carbons (Fsp3) is 1.00. The molecule has 0 N–H and O–H groups in total. The van der Waals surface area contributed by atoms with Crippen LogP contribution in [0.5, 0.6) is 0 Å². The van der Waals surface area contributed by atoms with Crippen molar-refractivity contribution < 1.29 is 0 Å². The SMILES string of the molecule is CSCC(C)N(C)CCCCCl. The quantitative estimate of drug-likeness (QED) is 0.469. The first-order chi connectivity index (χ1) is 5.72. The molecule has 74 valence electrons. The summed E-state index contributed by atoms with van der Waals surface area (Å²) in [7, 11) is 2.19. The normalized spacial score (nSPS) is 13.8. The van der Waals surface area contributed by atoms with Gasteiger partial charge in [0.2, 0.25) is 0 Å². The molecule has 0 aliphatic heterocycles. The first-order valence-corrected chi connectivity index (χ1v) is 6.40. The molecule has 0 aliphatic rings. The van der Waals surface area contributed by atoms with E-state index < -0.39 is 0 Å². The van der Waals surface area contributed by atoms with E-state index in [-0.39, 0.29) is 0 Å². The van der Waals surface area contributed by atoms with E-state index in [0.717, 1.165) is 12.3 Å². The number of unbranched alkanes of at least 4 members (excludes halogenated alkanes) is 1. The number of thioether (sulfide) groups is 1. The van der Waals surface area contributed by atoms with Crippen molar-refractivity contribution >= 4 is 23.4 Å².